The molecule has 88 valence electrons. The van der Waals surface area contributed by atoms with E-state index in [0.717, 1.165) is 5.56 Å². The lowest BCUT2D eigenvalue weighted by Crippen LogP contribution is -2.19. The fourth-order valence-corrected chi connectivity index (χ4v) is 1.29. The average Bonchev–Trinajstić information content (AvgIpc) is 2.75. The number of hydrogen-bond donors (Lipinski definition) is 3. The smallest absolute Gasteiger partial charge is 0.325 e. The van der Waals surface area contributed by atoms with Gasteiger partial charge in [0, 0.05) is 6.07 Å². The molecule has 2 aromatic rings. The van der Waals surface area contributed by atoms with Crippen molar-refractivity contribution >= 4 is 17.5 Å². The molecule has 2 amide bonds. The highest BCUT2D eigenvalue weighted by Crippen LogP contribution is 2.23. The molecule has 6 heteroatoms. The van der Waals surface area contributed by atoms with Gasteiger partial charge in [0.25, 0.3) is 0 Å². The van der Waals surface area contributed by atoms with Crippen molar-refractivity contribution in [2.24, 2.45) is 0 Å². The van der Waals surface area contributed by atoms with Crippen molar-refractivity contribution in [2.75, 3.05) is 10.6 Å². The Balaban J connectivity index is 2.03. The topological polar surface area (TPSA) is 87.4 Å². The van der Waals surface area contributed by atoms with Crippen molar-refractivity contribution in [3.05, 3.63) is 36.1 Å². The fraction of sp³-hybridized carbons (Fsp3) is 0.0909. The summed E-state index contributed by atoms with van der Waals surface area (Å²) in [5.74, 6) is 0.314. The molecule has 0 aliphatic carbocycles. The maximum atomic E-state index is 11.5. The molecule has 0 aliphatic rings. The minimum Gasteiger partial charge on any atom is -0.506 e. The fourth-order valence-electron chi connectivity index (χ4n) is 1.29. The zero-order valence-electron chi connectivity index (χ0n) is 9.10. The second-order valence-electron chi connectivity index (χ2n) is 3.48. The molecule has 0 fully saturated rings. The van der Waals surface area contributed by atoms with E-state index in [2.05, 4.69) is 20.3 Å². The van der Waals surface area contributed by atoms with E-state index < -0.39 is 6.03 Å². The van der Waals surface area contributed by atoms with Crippen LogP contribution in [0.15, 0.2) is 35.1 Å². The number of aromatic nitrogens is 1. The minimum atomic E-state index is -0.502. The summed E-state index contributed by atoms with van der Waals surface area (Å²) in [6.45, 7) is 1.85. The number of urea groups is 1. The summed E-state index contributed by atoms with van der Waals surface area (Å²) in [5, 5.41) is 18.1. The largest absolute Gasteiger partial charge is 0.506 e. The van der Waals surface area contributed by atoms with Crippen LogP contribution in [0, 0.1) is 6.92 Å². The Morgan fingerprint density at radius 2 is 2.18 bits per heavy atom. The lowest BCUT2D eigenvalue weighted by atomic mass is 10.2. The number of phenols is 1. The van der Waals surface area contributed by atoms with Crippen LogP contribution >= 0.6 is 0 Å². The summed E-state index contributed by atoms with van der Waals surface area (Å²) in [4.78, 5) is 11.5. The van der Waals surface area contributed by atoms with Gasteiger partial charge in [0.05, 0.1) is 5.69 Å². The third-order valence-electron chi connectivity index (χ3n) is 2.08. The molecule has 0 atom stereocenters. The Bertz CT molecular complexity index is 523. The summed E-state index contributed by atoms with van der Waals surface area (Å²) in [7, 11) is 0. The van der Waals surface area contributed by atoms with Gasteiger partial charge in [-0.15, -0.1) is 0 Å². The second kappa shape index (κ2) is 4.56. The van der Waals surface area contributed by atoms with E-state index in [1.54, 1.807) is 18.2 Å². The molecule has 1 aromatic carbocycles. The zero-order valence-corrected chi connectivity index (χ0v) is 9.10. The molecule has 0 spiro atoms. The number of benzene rings is 1. The third-order valence-corrected chi connectivity index (χ3v) is 2.08. The van der Waals surface area contributed by atoms with E-state index in [1.807, 2.05) is 6.92 Å². The first kappa shape index (κ1) is 11.0. The first-order valence-electron chi connectivity index (χ1n) is 4.93. The molecule has 0 unspecified atom stereocenters. The van der Waals surface area contributed by atoms with Crippen LogP contribution in [0.3, 0.4) is 0 Å². The zero-order chi connectivity index (χ0) is 12.3. The van der Waals surface area contributed by atoms with E-state index in [4.69, 9.17) is 0 Å². The predicted molar refractivity (Wildman–Crippen MR) is 62.0 cm³/mol. The van der Waals surface area contributed by atoms with Gasteiger partial charge >= 0.3 is 6.03 Å². The number of hydrogen-bond acceptors (Lipinski definition) is 4. The molecule has 6 nitrogen and oxygen atoms in total. The molecule has 17 heavy (non-hydrogen) atoms. The van der Waals surface area contributed by atoms with Crippen LogP contribution in [0.5, 0.6) is 5.75 Å². The Morgan fingerprint density at radius 1 is 1.35 bits per heavy atom. The summed E-state index contributed by atoms with van der Waals surface area (Å²) in [5.41, 5.74) is 1.24. The van der Waals surface area contributed by atoms with Crippen LogP contribution in [-0.4, -0.2) is 16.3 Å². The van der Waals surface area contributed by atoms with Gasteiger partial charge in [-0.25, -0.2) is 4.79 Å². The highest BCUT2D eigenvalue weighted by atomic mass is 16.5. The summed E-state index contributed by atoms with van der Waals surface area (Å²) >= 11 is 0. The minimum absolute atomic E-state index is 0.0142. The molecule has 0 saturated heterocycles. The number of aromatic hydroxyl groups is 1. The number of anilines is 2. The van der Waals surface area contributed by atoms with Gasteiger partial charge in [-0.3, -0.25) is 5.32 Å². The van der Waals surface area contributed by atoms with Crippen molar-refractivity contribution in [3.63, 3.8) is 0 Å². The third kappa shape index (κ3) is 2.75. The Kier molecular flexibility index (Phi) is 2.95. The Hall–Kier alpha value is -2.50. The number of phenolic OH excluding ortho intramolecular Hbond substituents is 1. The highest BCUT2D eigenvalue weighted by molar-refractivity contribution is 5.99. The van der Waals surface area contributed by atoms with Crippen molar-refractivity contribution in [3.8, 4) is 5.75 Å². The molecule has 1 aromatic heterocycles. The molecule has 2 rings (SSSR count). The first-order valence-corrected chi connectivity index (χ1v) is 4.93. The van der Waals surface area contributed by atoms with Crippen molar-refractivity contribution < 1.29 is 14.4 Å². The van der Waals surface area contributed by atoms with E-state index in [-0.39, 0.29) is 5.75 Å². The Morgan fingerprint density at radius 3 is 2.82 bits per heavy atom. The molecular weight excluding hydrogens is 222 g/mol. The van der Waals surface area contributed by atoms with E-state index in [9.17, 15) is 9.90 Å². The maximum Gasteiger partial charge on any atom is 0.325 e. The van der Waals surface area contributed by atoms with Crippen molar-refractivity contribution in [1.29, 1.82) is 0 Å². The van der Waals surface area contributed by atoms with Crippen molar-refractivity contribution in [1.82, 2.24) is 5.16 Å². The van der Waals surface area contributed by atoms with E-state index >= 15 is 0 Å². The summed E-state index contributed by atoms with van der Waals surface area (Å²) in [6, 6.07) is 5.97. The van der Waals surface area contributed by atoms with Crippen LogP contribution in [0.4, 0.5) is 16.3 Å². The van der Waals surface area contributed by atoms with Gasteiger partial charge in [-0.2, -0.15) is 0 Å². The number of nitrogens with one attached hydrogen (secondary N) is 2. The van der Waals surface area contributed by atoms with Crippen LogP contribution in [0.25, 0.3) is 0 Å². The molecule has 1 heterocycles. The molecule has 0 bridgehead atoms. The van der Waals surface area contributed by atoms with Gasteiger partial charge in [0.2, 0.25) is 0 Å². The van der Waals surface area contributed by atoms with E-state index in [1.165, 1.54) is 12.3 Å². The number of aryl methyl sites for hydroxylation is 1. The van der Waals surface area contributed by atoms with Crippen LogP contribution < -0.4 is 10.6 Å². The lowest BCUT2D eigenvalue weighted by molar-refractivity contribution is 0.261. The van der Waals surface area contributed by atoms with Crippen LogP contribution in [-0.2, 0) is 0 Å². The lowest BCUT2D eigenvalue weighted by Gasteiger charge is -2.07. The quantitative estimate of drug-likeness (QED) is 0.694. The molecular formula is C11H11N3O3. The maximum absolute atomic E-state index is 11.5. The van der Waals surface area contributed by atoms with Crippen LogP contribution in [0.1, 0.15) is 5.56 Å². The average molecular weight is 233 g/mol. The predicted octanol–water partition coefficient (Wildman–Crippen LogP) is 2.33. The first-order chi connectivity index (χ1) is 8.15. The van der Waals surface area contributed by atoms with Gasteiger partial charge < -0.3 is 14.9 Å². The van der Waals surface area contributed by atoms with Gasteiger partial charge in [0.15, 0.2) is 5.82 Å². The van der Waals surface area contributed by atoms with Crippen molar-refractivity contribution in [2.45, 2.75) is 6.92 Å². The monoisotopic (exact) mass is 233 g/mol. The second-order valence-corrected chi connectivity index (χ2v) is 3.48. The molecule has 3 N–H and O–H groups in total. The normalized spacial score (nSPS) is 9.94. The Labute approximate surface area is 97.2 Å². The summed E-state index contributed by atoms with van der Waals surface area (Å²) < 4.78 is 4.56. The number of carbonyl (C=O) groups excluding carboxylic acids is 1. The van der Waals surface area contributed by atoms with Gasteiger partial charge in [-0.1, -0.05) is 11.2 Å². The number of amides is 2. The van der Waals surface area contributed by atoms with E-state index in [0.29, 0.717) is 11.5 Å². The number of rotatable bonds is 2. The number of nitrogens with zero attached hydrogens (tertiary/aromatic N) is 1. The highest BCUT2D eigenvalue weighted by Gasteiger charge is 2.07. The van der Waals surface area contributed by atoms with Gasteiger partial charge in [0.1, 0.15) is 12.0 Å². The summed E-state index contributed by atoms with van der Waals surface area (Å²) in [6.07, 6.45) is 1.35. The molecule has 0 radical (unpaired) electrons. The molecule has 0 saturated carbocycles. The van der Waals surface area contributed by atoms with Crippen LogP contribution in [0.2, 0.25) is 0 Å². The molecule has 0 aliphatic heterocycles. The standard InChI is InChI=1S/C11H11N3O3/c1-7-2-3-8(9(15)6-7)12-11(16)13-10-4-5-17-14-10/h2-6,15H,1H3,(H2,12,13,14,16). The van der Waals surface area contributed by atoms with Gasteiger partial charge in [-0.05, 0) is 24.6 Å². The SMILES string of the molecule is Cc1ccc(NC(=O)Nc2ccon2)c(O)c1. The number of carbonyl (C=O) groups is 1.